The molecule has 1 saturated carbocycles. The highest BCUT2D eigenvalue weighted by molar-refractivity contribution is 7.20. The summed E-state index contributed by atoms with van der Waals surface area (Å²) in [5.74, 6) is 0.487. The summed E-state index contributed by atoms with van der Waals surface area (Å²) in [6, 6.07) is 22.1. The van der Waals surface area contributed by atoms with Crippen LogP contribution >= 0.6 is 11.3 Å². The Kier molecular flexibility index (Phi) is 8.53. The van der Waals surface area contributed by atoms with E-state index in [0.29, 0.717) is 35.0 Å². The highest BCUT2D eigenvalue weighted by Crippen LogP contribution is 2.28. The molecule has 0 radical (unpaired) electrons. The zero-order chi connectivity index (χ0) is 27.2. The lowest BCUT2D eigenvalue weighted by atomic mass is 10.1. The fourth-order valence-electron chi connectivity index (χ4n) is 4.64. The maximum absolute atomic E-state index is 12.3. The van der Waals surface area contributed by atoms with Gasteiger partial charge in [-0.2, -0.15) is 0 Å². The van der Waals surface area contributed by atoms with Gasteiger partial charge in [0.05, 0.1) is 4.88 Å². The van der Waals surface area contributed by atoms with E-state index in [-0.39, 0.29) is 12.1 Å². The topological polar surface area (TPSA) is 123 Å². The first kappa shape index (κ1) is 26.8. The lowest BCUT2D eigenvalue weighted by molar-refractivity contribution is -0.150. The molecule has 1 heterocycles. The first-order chi connectivity index (χ1) is 19.0. The summed E-state index contributed by atoms with van der Waals surface area (Å²) in [6.45, 7) is 1.36. The van der Waals surface area contributed by atoms with Crippen LogP contribution in [0.25, 0.3) is 10.1 Å². The van der Waals surface area contributed by atoms with Crippen molar-refractivity contribution < 1.29 is 24.3 Å². The lowest BCUT2D eigenvalue weighted by Gasteiger charge is -2.16. The molecule has 5 N–H and O–H groups in total. The largest absolute Gasteiger partial charge is 0.461 e. The van der Waals surface area contributed by atoms with Crippen molar-refractivity contribution in [2.24, 2.45) is 5.73 Å². The zero-order valence-electron chi connectivity index (χ0n) is 21.4. The Morgan fingerprint density at radius 3 is 2.26 bits per heavy atom. The van der Waals surface area contributed by atoms with E-state index in [1.54, 1.807) is 35.8 Å². The predicted octanol–water partition coefficient (Wildman–Crippen LogP) is 5.59. The summed E-state index contributed by atoms with van der Waals surface area (Å²) in [6.07, 6.45) is 4.03. The molecule has 1 unspecified atom stereocenters. The fraction of sp³-hybridized carbons (Fsp3) is 0.267. The molecule has 0 saturated heterocycles. The molecule has 1 aliphatic carbocycles. The molecule has 39 heavy (non-hydrogen) atoms. The number of ether oxygens (including phenoxy) is 2. The minimum absolute atomic E-state index is 0.00248. The van der Waals surface area contributed by atoms with E-state index in [1.807, 2.05) is 36.4 Å². The quantitative estimate of drug-likeness (QED) is 0.116. The van der Waals surface area contributed by atoms with Crippen molar-refractivity contribution in [3.63, 3.8) is 0 Å². The van der Waals surface area contributed by atoms with Gasteiger partial charge >= 0.3 is 5.97 Å². The summed E-state index contributed by atoms with van der Waals surface area (Å²) in [5, 5.41) is 13.2. The Morgan fingerprint density at radius 2 is 1.56 bits per heavy atom. The number of fused-ring (bicyclic) bond motifs is 1. The van der Waals surface area contributed by atoms with Gasteiger partial charge in [0.15, 0.2) is 0 Å². The minimum atomic E-state index is -0.802. The van der Waals surface area contributed by atoms with Crippen molar-refractivity contribution in [1.29, 1.82) is 0 Å². The van der Waals surface area contributed by atoms with Crippen LogP contribution in [0.2, 0.25) is 0 Å². The van der Waals surface area contributed by atoms with Gasteiger partial charge in [0.2, 0.25) is 0 Å². The molecule has 0 bridgehead atoms. The second kappa shape index (κ2) is 12.4. The van der Waals surface area contributed by atoms with Crippen LogP contribution in [0.3, 0.4) is 0 Å². The number of hydrogen-bond acceptors (Lipinski definition) is 8. The summed E-state index contributed by atoms with van der Waals surface area (Å²) in [7, 11) is 0. The Hall–Kier alpha value is -3.76. The van der Waals surface area contributed by atoms with Crippen LogP contribution in [0.1, 0.15) is 58.1 Å². The number of hydroxylamine groups is 1. The van der Waals surface area contributed by atoms with E-state index in [1.165, 1.54) is 11.3 Å². The number of carbonyl (C=O) groups is 2. The number of nitrogens with one attached hydrogen (secondary N) is 2. The van der Waals surface area contributed by atoms with Gasteiger partial charge in [-0.15, -0.1) is 11.3 Å². The number of esters is 1. The Balaban J connectivity index is 1.10. The third-order valence-electron chi connectivity index (χ3n) is 6.81. The van der Waals surface area contributed by atoms with E-state index in [0.717, 1.165) is 46.9 Å². The molecule has 1 atom stereocenters. The highest BCUT2D eigenvalue weighted by Gasteiger charge is 2.24. The van der Waals surface area contributed by atoms with Crippen molar-refractivity contribution in [3.8, 4) is 11.5 Å². The average Bonchev–Trinajstić information content (AvgIpc) is 3.63. The number of amides is 1. The van der Waals surface area contributed by atoms with Gasteiger partial charge in [-0.25, -0.2) is 10.3 Å². The van der Waals surface area contributed by atoms with Crippen molar-refractivity contribution >= 4 is 33.3 Å². The summed E-state index contributed by atoms with van der Waals surface area (Å²) in [4.78, 5) is 24.5. The summed E-state index contributed by atoms with van der Waals surface area (Å²) >= 11 is 1.34. The first-order valence-electron chi connectivity index (χ1n) is 13.0. The molecule has 8 nitrogen and oxygen atoms in total. The highest BCUT2D eigenvalue weighted by atomic mass is 32.1. The van der Waals surface area contributed by atoms with E-state index >= 15 is 0 Å². The number of carbonyl (C=O) groups excluding carboxylic acids is 2. The lowest BCUT2D eigenvalue weighted by Crippen LogP contribution is -2.27. The minimum Gasteiger partial charge on any atom is -0.461 e. The molecule has 0 spiro atoms. The van der Waals surface area contributed by atoms with Crippen LogP contribution in [-0.4, -0.2) is 23.2 Å². The third kappa shape index (κ3) is 6.82. The van der Waals surface area contributed by atoms with Crippen LogP contribution in [0.15, 0.2) is 72.8 Å². The number of rotatable bonds is 10. The third-order valence-corrected chi connectivity index (χ3v) is 7.90. The normalized spacial score (nSPS) is 14.3. The predicted molar refractivity (Wildman–Crippen MR) is 150 cm³/mol. The molecule has 202 valence electrons. The summed E-state index contributed by atoms with van der Waals surface area (Å²) < 4.78 is 12.5. The molecule has 1 aliphatic rings. The molecule has 9 heteroatoms. The molecule has 1 aromatic heterocycles. The molecule has 5 rings (SSSR count). The fourth-order valence-corrected chi connectivity index (χ4v) is 5.65. The maximum atomic E-state index is 12.3. The van der Waals surface area contributed by atoms with Gasteiger partial charge in [0.25, 0.3) is 5.91 Å². The van der Waals surface area contributed by atoms with Crippen molar-refractivity contribution in [2.75, 3.05) is 0 Å². The Labute approximate surface area is 230 Å². The average molecular weight is 546 g/mol. The van der Waals surface area contributed by atoms with Crippen molar-refractivity contribution in [3.05, 3.63) is 94.4 Å². The van der Waals surface area contributed by atoms with Gasteiger partial charge in [0.1, 0.15) is 23.6 Å². The van der Waals surface area contributed by atoms with Gasteiger partial charge in [-0.1, -0.05) is 36.4 Å². The van der Waals surface area contributed by atoms with Crippen LogP contribution < -0.4 is 21.3 Å². The molecule has 1 amide bonds. The molecule has 1 fully saturated rings. The number of thiophene rings is 1. The second-order valence-corrected chi connectivity index (χ2v) is 10.7. The van der Waals surface area contributed by atoms with E-state index in [4.69, 9.17) is 20.4 Å². The zero-order valence-corrected chi connectivity index (χ0v) is 22.2. The van der Waals surface area contributed by atoms with Gasteiger partial charge in [-0.05, 0) is 84.2 Å². The standard InChI is InChI=1S/C30H31N3O5S/c31-28(30(35)38-23-3-1-2-4-23)21-9-13-25(14-10-21)37-24-11-6-19(7-12-24)17-32-18-20-5-8-22-16-27(29(34)33-36)39-26(22)15-20/h5-16,23,28,32,36H,1-4,17-18,31H2,(H,33,34). The molecular formula is C30H31N3O5S. The molecule has 0 aliphatic heterocycles. The molecule has 4 aromatic rings. The van der Waals surface area contributed by atoms with Gasteiger partial charge in [0, 0.05) is 17.8 Å². The van der Waals surface area contributed by atoms with Crippen molar-refractivity contribution in [2.45, 2.75) is 50.9 Å². The monoisotopic (exact) mass is 545 g/mol. The molecule has 3 aromatic carbocycles. The summed E-state index contributed by atoms with van der Waals surface area (Å²) in [5.41, 5.74) is 10.7. The second-order valence-electron chi connectivity index (χ2n) is 9.66. The van der Waals surface area contributed by atoms with Gasteiger partial charge < -0.3 is 20.5 Å². The van der Waals surface area contributed by atoms with Crippen LogP contribution in [0.5, 0.6) is 11.5 Å². The van der Waals surface area contributed by atoms with Crippen molar-refractivity contribution in [1.82, 2.24) is 10.8 Å². The Morgan fingerprint density at radius 1 is 0.923 bits per heavy atom. The Bertz CT molecular complexity index is 1430. The van der Waals surface area contributed by atoms with Crippen LogP contribution in [0, 0.1) is 0 Å². The first-order valence-corrected chi connectivity index (χ1v) is 13.8. The van der Waals surface area contributed by atoms with Gasteiger partial charge in [-0.3, -0.25) is 10.0 Å². The molecular weight excluding hydrogens is 514 g/mol. The van der Waals surface area contributed by atoms with Crippen LogP contribution in [-0.2, 0) is 22.6 Å². The number of hydrogen-bond donors (Lipinski definition) is 4. The van der Waals surface area contributed by atoms with E-state index in [9.17, 15) is 9.59 Å². The number of nitrogens with two attached hydrogens (primary N) is 1. The maximum Gasteiger partial charge on any atom is 0.327 e. The number of benzene rings is 3. The smallest absolute Gasteiger partial charge is 0.327 e. The van der Waals surface area contributed by atoms with Crippen LogP contribution in [0.4, 0.5) is 0 Å². The SMILES string of the molecule is NC(C(=O)OC1CCCC1)c1ccc(Oc2ccc(CNCc3ccc4cc(C(=O)NO)sc4c3)cc2)cc1. The van der Waals surface area contributed by atoms with E-state index < -0.39 is 11.9 Å². The van der Waals surface area contributed by atoms with E-state index in [2.05, 4.69) is 11.4 Å².